The van der Waals surface area contributed by atoms with Crippen molar-refractivity contribution in [3.63, 3.8) is 0 Å². The number of hydrogen-bond acceptors (Lipinski definition) is 5. The lowest BCUT2D eigenvalue weighted by Crippen LogP contribution is -2.42. The average molecular weight is 422 g/mol. The van der Waals surface area contributed by atoms with Gasteiger partial charge in [-0.25, -0.2) is 4.39 Å². The molecule has 0 aliphatic heterocycles. The van der Waals surface area contributed by atoms with Crippen molar-refractivity contribution in [3.05, 3.63) is 65.5 Å². The molecule has 2 aromatic carbocycles. The zero-order chi connectivity index (χ0) is 21.4. The molecule has 0 spiro atoms. The van der Waals surface area contributed by atoms with Crippen LogP contribution in [0.3, 0.4) is 0 Å². The van der Waals surface area contributed by atoms with E-state index < -0.39 is 33.9 Å². The minimum absolute atomic E-state index is 0.0562. The van der Waals surface area contributed by atoms with Crippen LogP contribution in [-0.2, 0) is 27.5 Å². The monoisotopic (exact) mass is 421 g/mol. The number of ether oxygens (including phenoxy) is 2. The number of halogens is 1. The van der Waals surface area contributed by atoms with Gasteiger partial charge in [0, 0.05) is 11.4 Å². The van der Waals surface area contributed by atoms with Crippen molar-refractivity contribution in [2.24, 2.45) is 0 Å². The summed E-state index contributed by atoms with van der Waals surface area (Å²) in [7, 11) is 0. The Kier molecular flexibility index (Phi) is 8.49. The molecule has 29 heavy (non-hydrogen) atoms. The summed E-state index contributed by atoms with van der Waals surface area (Å²) in [6.07, 6.45) is -0.0562. The van der Waals surface area contributed by atoms with Gasteiger partial charge >= 0.3 is 5.97 Å². The average Bonchev–Trinajstić information content (AvgIpc) is 2.66. The van der Waals surface area contributed by atoms with E-state index in [2.05, 4.69) is 4.72 Å². The van der Waals surface area contributed by atoms with Crippen LogP contribution in [0.4, 0.5) is 4.39 Å². The lowest BCUT2D eigenvalue weighted by atomic mass is 10.0. The normalized spacial score (nSPS) is 13.6. The maximum atomic E-state index is 14.6. The highest BCUT2D eigenvalue weighted by atomic mass is 32.2. The third kappa shape index (κ3) is 7.34. The maximum Gasteiger partial charge on any atom is 0.307 e. The fourth-order valence-corrected chi connectivity index (χ4v) is 3.34. The van der Waals surface area contributed by atoms with Crippen molar-refractivity contribution in [2.75, 3.05) is 6.61 Å². The molecule has 1 unspecified atom stereocenters. The van der Waals surface area contributed by atoms with E-state index in [0.29, 0.717) is 5.56 Å². The molecule has 158 valence electrons. The predicted octanol–water partition coefficient (Wildman–Crippen LogP) is 4.45. The van der Waals surface area contributed by atoms with Crippen molar-refractivity contribution in [2.45, 2.75) is 51.5 Å². The van der Waals surface area contributed by atoms with Gasteiger partial charge in [0.2, 0.25) is 0 Å². The second-order valence-electron chi connectivity index (χ2n) is 7.52. The summed E-state index contributed by atoms with van der Waals surface area (Å²) in [5, 5.41) is 0. The number of benzene rings is 2. The highest BCUT2D eigenvalue weighted by Crippen LogP contribution is 2.27. The van der Waals surface area contributed by atoms with Gasteiger partial charge in [0.15, 0.2) is 11.6 Å². The largest absolute Gasteiger partial charge is 0.598 e. The summed E-state index contributed by atoms with van der Waals surface area (Å²) in [5.41, 5.74) is 1.43. The third-order valence-corrected chi connectivity index (χ3v) is 5.69. The Balaban J connectivity index is 2.16. The van der Waals surface area contributed by atoms with Gasteiger partial charge in [-0.15, -0.1) is 4.72 Å². The summed E-state index contributed by atoms with van der Waals surface area (Å²) in [6.45, 7) is 7.66. The number of hydrogen-bond donors (Lipinski definition) is 1. The zero-order valence-corrected chi connectivity index (χ0v) is 18.1. The molecule has 0 radical (unpaired) electrons. The van der Waals surface area contributed by atoms with Crippen molar-refractivity contribution in [3.8, 4) is 5.75 Å². The van der Waals surface area contributed by atoms with E-state index >= 15 is 0 Å². The van der Waals surface area contributed by atoms with Gasteiger partial charge in [-0.05, 0) is 51.0 Å². The Bertz CT molecular complexity index is 795. The first kappa shape index (κ1) is 23.2. The summed E-state index contributed by atoms with van der Waals surface area (Å²) in [6, 6.07) is 13.3. The number of esters is 1. The fraction of sp³-hybridized carbons (Fsp3) is 0.409. The van der Waals surface area contributed by atoms with Crippen molar-refractivity contribution in [1.82, 2.24) is 4.72 Å². The molecule has 0 fully saturated rings. The molecule has 5 nitrogen and oxygen atoms in total. The minimum Gasteiger partial charge on any atom is -0.598 e. The minimum atomic E-state index is -1.44. The van der Waals surface area contributed by atoms with Gasteiger partial charge in [-0.2, -0.15) is 0 Å². The Morgan fingerprint density at radius 2 is 1.90 bits per heavy atom. The van der Waals surface area contributed by atoms with Crippen LogP contribution < -0.4 is 9.46 Å². The van der Waals surface area contributed by atoms with Gasteiger partial charge in [0.25, 0.3) is 0 Å². The lowest BCUT2D eigenvalue weighted by molar-refractivity contribution is -0.143. The van der Waals surface area contributed by atoms with E-state index in [0.717, 1.165) is 5.56 Å². The Labute approximate surface area is 174 Å². The van der Waals surface area contributed by atoms with E-state index in [1.165, 1.54) is 12.1 Å². The van der Waals surface area contributed by atoms with E-state index in [4.69, 9.17) is 9.47 Å². The molecule has 0 aliphatic carbocycles. The molecule has 1 N–H and O–H groups in total. The SMILES string of the molecule is CCOC(=O)C[C@@H](N[S+]([O-])C(C)(C)C)c1ccc(OCc2ccccc2)c(F)c1. The summed E-state index contributed by atoms with van der Waals surface area (Å²) >= 11 is -1.44. The molecular weight excluding hydrogens is 393 g/mol. The third-order valence-electron chi connectivity index (χ3n) is 4.08. The lowest BCUT2D eigenvalue weighted by Gasteiger charge is -2.28. The van der Waals surface area contributed by atoms with E-state index in [1.54, 1.807) is 13.0 Å². The molecule has 7 heteroatoms. The van der Waals surface area contributed by atoms with Crippen LogP contribution in [0.2, 0.25) is 0 Å². The molecule has 2 aromatic rings. The molecule has 0 bridgehead atoms. The molecule has 0 amide bonds. The van der Waals surface area contributed by atoms with Crippen LogP contribution in [0, 0.1) is 5.82 Å². The maximum absolute atomic E-state index is 14.6. The fourth-order valence-electron chi connectivity index (χ4n) is 2.51. The van der Waals surface area contributed by atoms with E-state index in [1.807, 2.05) is 51.1 Å². The highest BCUT2D eigenvalue weighted by molar-refractivity contribution is 7.90. The Hall–Kier alpha value is -2.09. The number of carbonyl (C=O) groups is 1. The quantitative estimate of drug-likeness (QED) is 0.478. The van der Waals surface area contributed by atoms with Crippen LogP contribution in [-0.4, -0.2) is 21.9 Å². The summed E-state index contributed by atoms with van der Waals surface area (Å²) in [4.78, 5) is 12.0. The van der Waals surface area contributed by atoms with Crippen LogP contribution in [0.15, 0.2) is 48.5 Å². The number of rotatable bonds is 9. The zero-order valence-electron chi connectivity index (χ0n) is 17.2. The van der Waals surface area contributed by atoms with Gasteiger partial charge in [-0.3, -0.25) is 4.79 Å². The molecule has 0 saturated carbocycles. The molecule has 0 saturated heterocycles. The molecular formula is C22H28FNO4S. The number of carbonyl (C=O) groups excluding carboxylic acids is 1. The van der Waals surface area contributed by atoms with Crippen LogP contribution in [0.1, 0.15) is 51.3 Å². The Morgan fingerprint density at radius 3 is 2.48 bits per heavy atom. The smallest absolute Gasteiger partial charge is 0.307 e. The second kappa shape index (κ2) is 10.6. The molecule has 0 heterocycles. The summed E-state index contributed by atoms with van der Waals surface area (Å²) < 4.78 is 40.1. The van der Waals surface area contributed by atoms with Gasteiger partial charge < -0.3 is 14.0 Å². The first-order valence-electron chi connectivity index (χ1n) is 9.50. The van der Waals surface area contributed by atoms with Crippen LogP contribution in [0.25, 0.3) is 0 Å². The molecule has 0 aliphatic rings. The molecule has 2 rings (SSSR count). The Morgan fingerprint density at radius 1 is 1.21 bits per heavy atom. The summed E-state index contributed by atoms with van der Waals surface area (Å²) in [5.74, 6) is -0.874. The van der Waals surface area contributed by atoms with E-state index in [-0.39, 0.29) is 25.4 Å². The van der Waals surface area contributed by atoms with Gasteiger partial charge in [0.05, 0.1) is 19.1 Å². The van der Waals surface area contributed by atoms with Gasteiger partial charge in [0.1, 0.15) is 11.4 Å². The topological polar surface area (TPSA) is 70.6 Å². The van der Waals surface area contributed by atoms with Crippen molar-refractivity contribution < 1.29 is 23.2 Å². The molecule has 2 atom stereocenters. The predicted molar refractivity (Wildman–Crippen MR) is 112 cm³/mol. The molecule has 0 aromatic heterocycles. The van der Waals surface area contributed by atoms with Gasteiger partial charge in [-0.1, -0.05) is 36.4 Å². The van der Waals surface area contributed by atoms with Crippen LogP contribution >= 0.6 is 0 Å². The van der Waals surface area contributed by atoms with Crippen LogP contribution in [0.5, 0.6) is 5.75 Å². The highest BCUT2D eigenvalue weighted by Gasteiger charge is 2.31. The first-order valence-corrected chi connectivity index (χ1v) is 10.7. The second-order valence-corrected chi connectivity index (χ2v) is 9.52. The number of nitrogens with one attached hydrogen (secondary N) is 1. The van der Waals surface area contributed by atoms with Crippen molar-refractivity contribution >= 4 is 17.3 Å². The van der Waals surface area contributed by atoms with E-state index in [9.17, 15) is 13.7 Å². The van der Waals surface area contributed by atoms with Crippen molar-refractivity contribution in [1.29, 1.82) is 0 Å². The first-order chi connectivity index (χ1) is 13.7. The standard InChI is InChI=1S/C22H28FNO4S/c1-5-27-21(25)14-19(24-29(26)22(2,3)4)17-11-12-20(18(23)13-17)28-15-16-9-7-6-8-10-16/h6-13,19,24H,5,14-15H2,1-4H3/t19-,29?/m1/s1.